The molecule has 8 aliphatic rings. The summed E-state index contributed by atoms with van der Waals surface area (Å²) >= 11 is 3.50. The number of carbonyl (C=O) groups excluding carboxylic acids is 1. The zero-order valence-electron chi connectivity index (χ0n) is 47.2. The van der Waals surface area contributed by atoms with Crippen LogP contribution in [0.25, 0.3) is 0 Å². The Morgan fingerprint density at radius 2 is 1.56 bits per heavy atom. The molecule has 77 heavy (non-hydrogen) atoms. The molecular formula is C61H89BrO13SSi. The second-order valence-electron chi connectivity index (χ2n) is 25.5. The second kappa shape index (κ2) is 24.3. The van der Waals surface area contributed by atoms with Gasteiger partial charge in [-0.1, -0.05) is 127 Å². The molecule has 2 aromatic carbocycles. The lowest BCUT2D eigenvalue weighted by atomic mass is 9.78. The van der Waals surface area contributed by atoms with Crippen molar-refractivity contribution in [3.05, 3.63) is 89.4 Å². The molecule has 8 fully saturated rings. The van der Waals surface area contributed by atoms with E-state index in [-0.39, 0.29) is 76.8 Å². The van der Waals surface area contributed by atoms with Gasteiger partial charge in [0.05, 0.1) is 64.5 Å². The van der Waals surface area contributed by atoms with Gasteiger partial charge in [-0.25, -0.2) is 13.2 Å². The third kappa shape index (κ3) is 13.0. The Hall–Kier alpha value is -2.32. The monoisotopic (exact) mass is 1170 g/mol. The van der Waals surface area contributed by atoms with Crippen LogP contribution in [0.5, 0.6) is 0 Å². The average molecular weight is 1170 g/mol. The van der Waals surface area contributed by atoms with Crippen LogP contribution in [0.3, 0.4) is 0 Å². The van der Waals surface area contributed by atoms with Crippen molar-refractivity contribution in [2.45, 2.75) is 251 Å². The number of aliphatic hydroxyl groups is 1. The average Bonchev–Trinajstić information content (AvgIpc) is 3.99. The lowest BCUT2D eigenvalue weighted by Crippen LogP contribution is -2.62. The fourth-order valence-corrected chi connectivity index (χ4v) is 17.1. The van der Waals surface area contributed by atoms with E-state index in [4.69, 9.17) is 42.3 Å². The van der Waals surface area contributed by atoms with Crippen LogP contribution < -0.4 is 0 Å². The van der Waals surface area contributed by atoms with Gasteiger partial charge < -0.3 is 47.4 Å². The summed E-state index contributed by atoms with van der Waals surface area (Å²) in [5, 5.41) is 11.8. The lowest BCUT2D eigenvalue weighted by molar-refractivity contribution is -0.293. The normalized spacial score (nSPS) is 36.5. The van der Waals surface area contributed by atoms with E-state index in [2.05, 4.69) is 90.6 Å². The zero-order valence-corrected chi connectivity index (χ0v) is 50.6. The molecule has 16 heteroatoms. The van der Waals surface area contributed by atoms with Crippen LogP contribution in [0.1, 0.15) is 142 Å². The summed E-state index contributed by atoms with van der Waals surface area (Å²) in [4.78, 5) is 13.4. The van der Waals surface area contributed by atoms with Gasteiger partial charge in [0.25, 0.3) is 0 Å². The summed E-state index contributed by atoms with van der Waals surface area (Å²) in [5.41, 5.74) is 1.48. The SMILES string of the molecule is C=C(Br)C[C@@H](CC[C@@]12C[C@H]3O[C@H]4[C@@H](O1)[C@H]1O[C@@H](CC(O)C([C@@H]5[C@@H](C)[C@@H](C[C@H](C)CO[Si](C)(C)C(C)(C)C)O[C@H]5CC5O[C@@H](CCCC)C[C@@H](C)C5=C)S(=O)(=O)c5ccccc5)CC[C@@H]1O[C@H]4[C@H]3O2)OC(=O)c1ccccc1. The molecule has 13 nitrogen and oxygen atoms in total. The highest BCUT2D eigenvalue weighted by atomic mass is 79.9. The Kier molecular flexibility index (Phi) is 18.7. The summed E-state index contributed by atoms with van der Waals surface area (Å²) in [5.74, 6) is -1.92. The number of sulfone groups is 1. The van der Waals surface area contributed by atoms with Crippen LogP contribution in [0.15, 0.2) is 88.8 Å². The van der Waals surface area contributed by atoms with Crippen molar-refractivity contribution in [3.63, 3.8) is 0 Å². The van der Waals surface area contributed by atoms with Gasteiger partial charge in [-0.3, -0.25) is 0 Å². The van der Waals surface area contributed by atoms with Crippen LogP contribution in [0.2, 0.25) is 18.1 Å². The molecule has 8 aliphatic heterocycles. The molecule has 428 valence electrons. The highest BCUT2D eigenvalue weighted by Gasteiger charge is 2.69. The molecule has 0 spiro atoms. The van der Waals surface area contributed by atoms with E-state index >= 15 is 8.42 Å². The third-order valence-corrected chi connectivity index (χ3v) is 25.9. The quantitative estimate of drug-likeness (QED) is 0.0638. The molecule has 20 atom stereocenters. The standard InChI is InChI=1S/C61H89BrO13SSi/c1-12-13-22-42-30-37(3)39(5)49(68-42)33-50-52(40(6)48(71-50)29-36(2)35-67-77(10,11)60(7,8)9)58(76(65,66)45-23-18-15-19-24-45)46(63)32-43-25-26-47-53(69-43)57-56-55(72-47)54-51(73-56)34-61(74-54,75-57)28-27-44(31-38(4)62)70-59(64)41-20-16-14-17-21-41/h14-21,23-24,36-37,40,42-44,46-58,63H,4-5,12-13,22,25-35H2,1-3,6-11H3/t36-,37+,40-,42-,43+,44+,46?,47-,48+,49?,50-,51+,52+,53-,54-,55-,56+,57-,58?,61-/m0/s1. The number of halogens is 1. The van der Waals surface area contributed by atoms with E-state index in [0.717, 1.165) is 31.3 Å². The number of rotatable bonds is 23. The van der Waals surface area contributed by atoms with Crippen LogP contribution in [-0.2, 0) is 52.2 Å². The number of ether oxygens (including phenoxy) is 8. The van der Waals surface area contributed by atoms with Crippen molar-refractivity contribution in [3.8, 4) is 0 Å². The largest absolute Gasteiger partial charge is 0.458 e. The summed E-state index contributed by atoms with van der Waals surface area (Å²) in [7, 11) is -6.22. The maximum absolute atomic E-state index is 15.6. The van der Waals surface area contributed by atoms with Crippen LogP contribution in [-0.4, -0.2) is 131 Å². The van der Waals surface area contributed by atoms with Crippen molar-refractivity contribution in [2.75, 3.05) is 6.61 Å². The first kappa shape index (κ1) is 59.3. The summed E-state index contributed by atoms with van der Waals surface area (Å²) in [6.45, 7) is 29.2. The number of hydrogen-bond acceptors (Lipinski definition) is 13. The zero-order chi connectivity index (χ0) is 55.2. The highest BCUT2D eigenvalue weighted by Crippen LogP contribution is 2.55. The van der Waals surface area contributed by atoms with Crippen molar-refractivity contribution in [1.82, 2.24) is 0 Å². The van der Waals surface area contributed by atoms with Crippen LogP contribution >= 0.6 is 15.9 Å². The van der Waals surface area contributed by atoms with Crippen molar-refractivity contribution in [1.29, 1.82) is 0 Å². The van der Waals surface area contributed by atoms with Crippen molar-refractivity contribution >= 4 is 40.1 Å². The van der Waals surface area contributed by atoms with Gasteiger partial charge in [0.2, 0.25) is 0 Å². The number of unbranched alkanes of at least 4 members (excludes halogenated alkanes) is 1. The number of benzene rings is 2. The first-order valence-corrected chi connectivity index (χ1v) is 34.2. The first-order chi connectivity index (χ1) is 36.5. The molecule has 0 amide bonds. The fourth-order valence-electron chi connectivity index (χ4n) is 13.4. The highest BCUT2D eigenvalue weighted by molar-refractivity contribution is 9.11. The Morgan fingerprint density at radius 3 is 2.25 bits per heavy atom. The Balaban J connectivity index is 0.967. The van der Waals surface area contributed by atoms with E-state index in [1.54, 1.807) is 36.4 Å². The molecule has 8 heterocycles. The molecule has 8 saturated heterocycles. The van der Waals surface area contributed by atoms with Gasteiger partial charge in [-0.15, -0.1) is 0 Å². The molecule has 0 aromatic heterocycles. The fraction of sp³-hybridized carbons (Fsp3) is 0.721. The van der Waals surface area contributed by atoms with E-state index in [0.29, 0.717) is 68.0 Å². The van der Waals surface area contributed by atoms with Crippen molar-refractivity contribution < 1.29 is 60.6 Å². The molecule has 0 saturated carbocycles. The minimum absolute atomic E-state index is 0.0572. The summed E-state index contributed by atoms with van der Waals surface area (Å²) < 4.78 is 93.3. The number of hydrogen-bond donors (Lipinski definition) is 1. The predicted octanol–water partition coefficient (Wildman–Crippen LogP) is 11.8. The molecule has 10 rings (SSSR count). The maximum atomic E-state index is 15.6. The van der Waals surface area contributed by atoms with Gasteiger partial charge >= 0.3 is 5.97 Å². The van der Waals surface area contributed by atoms with E-state index in [1.165, 1.54) is 0 Å². The van der Waals surface area contributed by atoms with Crippen LogP contribution in [0, 0.1) is 23.7 Å². The number of esters is 1. The van der Waals surface area contributed by atoms with Gasteiger partial charge in [0, 0.05) is 44.6 Å². The minimum atomic E-state index is -4.18. The smallest absolute Gasteiger partial charge is 0.338 e. The van der Waals surface area contributed by atoms with E-state index in [1.807, 2.05) is 24.3 Å². The molecule has 1 N–H and O–H groups in total. The van der Waals surface area contributed by atoms with Gasteiger partial charge in [0.1, 0.15) is 36.6 Å². The number of carbonyl (C=O) groups is 1. The molecule has 6 bridgehead atoms. The number of aliphatic hydroxyl groups excluding tert-OH is 1. The molecule has 2 aromatic rings. The lowest BCUT2D eigenvalue weighted by Gasteiger charge is -2.48. The van der Waals surface area contributed by atoms with Crippen LogP contribution in [0.4, 0.5) is 0 Å². The molecule has 0 radical (unpaired) electrons. The third-order valence-electron chi connectivity index (χ3n) is 18.8. The Bertz CT molecular complexity index is 2460. The summed E-state index contributed by atoms with van der Waals surface area (Å²) in [6.07, 6.45) is 1.89. The van der Waals surface area contributed by atoms with Gasteiger partial charge in [-0.05, 0) is 109 Å². The number of fused-ring (bicyclic) bond motifs is 1. The minimum Gasteiger partial charge on any atom is -0.458 e. The van der Waals surface area contributed by atoms with Gasteiger partial charge in [-0.2, -0.15) is 0 Å². The Labute approximate surface area is 469 Å². The molecule has 3 unspecified atom stereocenters. The van der Waals surface area contributed by atoms with Gasteiger partial charge in [0.15, 0.2) is 23.9 Å². The second-order valence-corrected chi connectivity index (χ2v) is 33.6. The Morgan fingerprint density at radius 1 is 0.883 bits per heavy atom. The summed E-state index contributed by atoms with van der Waals surface area (Å²) in [6, 6.07) is 17.5. The molecule has 0 aliphatic carbocycles. The maximum Gasteiger partial charge on any atom is 0.338 e. The molecular weight excluding hydrogens is 1080 g/mol. The van der Waals surface area contributed by atoms with Crippen molar-refractivity contribution in [2.24, 2.45) is 23.7 Å². The van der Waals surface area contributed by atoms with E-state index in [9.17, 15) is 9.90 Å². The first-order valence-electron chi connectivity index (χ1n) is 29.0. The predicted molar refractivity (Wildman–Crippen MR) is 302 cm³/mol. The topological polar surface area (TPSA) is 155 Å². The van der Waals surface area contributed by atoms with E-state index < -0.39 is 83.8 Å².